The van der Waals surface area contributed by atoms with Gasteiger partial charge in [0.2, 0.25) is 0 Å². The fourth-order valence-corrected chi connectivity index (χ4v) is 4.50. The second kappa shape index (κ2) is 7.76. The number of amides is 1. The van der Waals surface area contributed by atoms with Crippen LogP contribution in [0.4, 0.5) is 0 Å². The number of nitrogens with one attached hydrogen (secondary N) is 1. The van der Waals surface area contributed by atoms with E-state index in [2.05, 4.69) is 21.4 Å². The van der Waals surface area contributed by atoms with Crippen LogP contribution >= 0.6 is 22.7 Å². The van der Waals surface area contributed by atoms with E-state index in [0.717, 1.165) is 33.9 Å². The zero-order valence-electron chi connectivity index (χ0n) is 14.0. The Balaban J connectivity index is 1.29. The third-order valence-electron chi connectivity index (χ3n) is 3.94. The van der Waals surface area contributed by atoms with Crippen molar-refractivity contribution >= 4 is 38.8 Å². The number of nitrogens with zero attached hydrogens (tertiary/aromatic N) is 2. The molecule has 130 valence electrons. The maximum absolute atomic E-state index is 12.3. The molecule has 0 saturated heterocycles. The van der Waals surface area contributed by atoms with Crippen LogP contribution < -0.4 is 5.32 Å². The van der Waals surface area contributed by atoms with Crippen LogP contribution in [0.1, 0.15) is 21.1 Å². The fraction of sp³-hybridized carbons (Fsp3) is 0.150. The Morgan fingerprint density at radius 2 is 1.81 bits per heavy atom. The first-order chi connectivity index (χ1) is 12.8. The monoisotopic (exact) mass is 379 g/mol. The van der Waals surface area contributed by atoms with Gasteiger partial charge in [0.05, 0.1) is 21.4 Å². The summed E-state index contributed by atoms with van der Waals surface area (Å²) in [6.45, 7) is 0.632. The van der Waals surface area contributed by atoms with Crippen molar-refractivity contribution in [3.63, 3.8) is 0 Å². The molecule has 4 rings (SSSR count). The second-order valence-corrected chi connectivity index (χ2v) is 7.98. The normalized spacial score (nSPS) is 10.9. The highest BCUT2D eigenvalue weighted by Crippen LogP contribution is 2.25. The van der Waals surface area contributed by atoms with Gasteiger partial charge < -0.3 is 5.32 Å². The lowest BCUT2D eigenvalue weighted by Gasteiger charge is -2.01. The van der Waals surface area contributed by atoms with Crippen molar-refractivity contribution in [2.75, 3.05) is 6.54 Å². The highest BCUT2D eigenvalue weighted by atomic mass is 32.1. The molecular weight excluding hydrogens is 362 g/mol. The molecule has 4 nitrogen and oxygen atoms in total. The van der Waals surface area contributed by atoms with Crippen molar-refractivity contribution in [2.24, 2.45) is 0 Å². The third-order valence-corrected chi connectivity index (χ3v) is 6.08. The van der Waals surface area contributed by atoms with Gasteiger partial charge in [-0.1, -0.05) is 42.5 Å². The fourth-order valence-electron chi connectivity index (χ4n) is 2.65. The minimum absolute atomic E-state index is 0.0611. The summed E-state index contributed by atoms with van der Waals surface area (Å²) in [6, 6.07) is 18.1. The topological polar surface area (TPSA) is 54.9 Å². The molecule has 0 atom stereocenters. The van der Waals surface area contributed by atoms with Crippen molar-refractivity contribution in [3.8, 4) is 10.6 Å². The molecule has 2 aromatic heterocycles. The van der Waals surface area contributed by atoms with Crippen LogP contribution in [0.25, 0.3) is 20.8 Å². The Bertz CT molecular complexity index is 991. The van der Waals surface area contributed by atoms with Gasteiger partial charge in [0.1, 0.15) is 9.88 Å². The van der Waals surface area contributed by atoms with Crippen LogP contribution in [-0.2, 0) is 6.42 Å². The zero-order chi connectivity index (χ0) is 17.8. The minimum Gasteiger partial charge on any atom is -0.351 e. The smallest absolute Gasteiger partial charge is 0.263 e. The minimum atomic E-state index is -0.0611. The first-order valence-electron chi connectivity index (χ1n) is 8.43. The number of aryl methyl sites for hydroxylation is 1. The van der Waals surface area contributed by atoms with Gasteiger partial charge in [-0.25, -0.2) is 9.97 Å². The molecule has 2 heterocycles. The number of carbonyl (C=O) groups excluding carboxylic acids is 1. The van der Waals surface area contributed by atoms with E-state index in [9.17, 15) is 4.79 Å². The van der Waals surface area contributed by atoms with E-state index in [-0.39, 0.29) is 5.91 Å². The Labute approximate surface area is 159 Å². The van der Waals surface area contributed by atoms with Crippen LogP contribution in [0, 0.1) is 0 Å². The van der Waals surface area contributed by atoms with E-state index < -0.39 is 0 Å². The molecule has 0 aliphatic carbocycles. The zero-order valence-corrected chi connectivity index (χ0v) is 15.6. The van der Waals surface area contributed by atoms with Crippen LogP contribution in [0.2, 0.25) is 0 Å². The van der Waals surface area contributed by atoms with E-state index in [4.69, 9.17) is 0 Å². The van der Waals surface area contributed by atoms with Gasteiger partial charge >= 0.3 is 0 Å². The molecule has 0 bridgehead atoms. The number of thiazole rings is 2. The summed E-state index contributed by atoms with van der Waals surface area (Å²) >= 11 is 3.14. The summed E-state index contributed by atoms with van der Waals surface area (Å²) < 4.78 is 1.21. The van der Waals surface area contributed by atoms with Gasteiger partial charge in [-0.2, -0.15) is 0 Å². The van der Waals surface area contributed by atoms with E-state index in [1.165, 1.54) is 16.0 Å². The lowest BCUT2D eigenvalue weighted by atomic mass is 10.2. The molecule has 0 radical (unpaired) electrons. The number of hydrogen-bond acceptors (Lipinski definition) is 5. The molecule has 1 N–H and O–H groups in total. The number of fused-ring (bicyclic) bond motifs is 1. The molecule has 0 aliphatic rings. The van der Waals surface area contributed by atoms with Gasteiger partial charge in [-0.15, -0.1) is 22.7 Å². The second-order valence-electron chi connectivity index (χ2n) is 5.83. The summed E-state index contributed by atoms with van der Waals surface area (Å²) in [5.74, 6) is -0.0611. The van der Waals surface area contributed by atoms with Crippen molar-refractivity contribution in [1.82, 2.24) is 15.3 Å². The van der Waals surface area contributed by atoms with E-state index in [0.29, 0.717) is 11.4 Å². The van der Waals surface area contributed by atoms with E-state index in [1.807, 2.05) is 48.5 Å². The highest BCUT2D eigenvalue weighted by Gasteiger charge is 2.11. The molecule has 0 spiro atoms. The molecule has 0 aliphatic heterocycles. The van der Waals surface area contributed by atoms with Crippen LogP contribution in [-0.4, -0.2) is 22.4 Å². The summed E-state index contributed by atoms with van der Waals surface area (Å²) in [4.78, 5) is 21.9. The molecule has 1 amide bonds. The van der Waals surface area contributed by atoms with Gasteiger partial charge in [-0.05, 0) is 18.6 Å². The number of para-hydroxylation sites is 1. The molecule has 2 aromatic carbocycles. The summed E-state index contributed by atoms with van der Waals surface area (Å²) in [6.07, 6.45) is 3.39. The summed E-state index contributed by atoms with van der Waals surface area (Å²) in [5, 5.41) is 4.96. The standard InChI is InChI=1S/C20H17N3OS2/c24-19(17-13-22-20(26-17)14-7-2-1-3-8-14)21-12-6-11-18-23-15-9-4-5-10-16(15)25-18/h1-5,7-10,13H,6,11-12H2,(H,21,24). The Morgan fingerprint density at radius 1 is 1.00 bits per heavy atom. The molecule has 0 unspecified atom stereocenters. The van der Waals surface area contributed by atoms with Crippen LogP contribution in [0.15, 0.2) is 60.8 Å². The first-order valence-corrected chi connectivity index (χ1v) is 10.1. The van der Waals surface area contributed by atoms with Gasteiger partial charge in [0, 0.05) is 18.5 Å². The molecule has 0 fully saturated rings. The Morgan fingerprint density at radius 3 is 2.65 bits per heavy atom. The lowest BCUT2D eigenvalue weighted by Crippen LogP contribution is -2.23. The largest absolute Gasteiger partial charge is 0.351 e. The predicted octanol–water partition coefficient (Wildman–Crippen LogP) is 4.78. The lowest BCUT2D eigenvalue weighted by molar-refractivity contribution is 0.0957. The van der Waals surface area contributed by atoms with Gasteiger partial charge in [0.25, 0.3) is 5.91 Å². The molecule has 4 aromatic rings. The van der Waals surface area contributed by atoms with Gasteiger partial charge in [0.15, 0.2) is 0 Å². The highest BCUT2D eigenvalue weighted by molar-refractivity contribution is 7.18. The molecule has 0 saturated carbocycles. The number of carbonyl (C=O) groups is 1. The summed E-state index contributed by atoms with van der Waals surface area (Å²) in [5.41, 5.74) is 2.09. The average molecular weight is 380 g/mol. The number of aromatic nitrogens is 2. The first kappa shape index (κ1) is 16.9. The van der Waals surface area contributed by atoms with Crippen molar-refractivity contribution in [1.29, 1.82) is 0 Å². The van der Waals surface area contributed by atoms with E-state index in [1.54, 1.807) is 17.5 Å². The van der Waals surface area contributed by atoms with Crippen LogP contribution in [0.5, 0.6) is 0 Å². The number of rotatable bonds is 6. The molecular formula is C20H17N3OS2. The molecule has 6 heteroatoms. The van der Waals surface area contributed by atoms with Crippen LogP contribution in [0.3, 0.4) is 0 Å². The maximum Gasteiger partial charge on any atom is 0.263 e. The van der Waals surface area contributed by atoms with Crippen molar-refractivity contribution in [2.45, 2.75) is 12.8 Å². The predicted molar refractivity (Wildman–Crippen MR) is 108 cm³/mol. The number of benzene rings is 2. The van der Waals surface area contributed by atoms with Crippen molar-refractivity contribution < 1.29 is 4.79 Å². The Hall–Kier alpha value is -2.57. The third kappa shape index (κ3) is 3.81. The Kier molecular flexibility index (Phi) is 5.04. The number of hydrogen-bond donors (Lipinski definition) is 1. The summed E-state index contributed by atoms with van der Waals surface area (Å²) in [7, 11) is 0. The quantitative estimate of drug-likeness (QED) is 0.490. The van der Waals surface area contributed by atoms with Crippen molar-refractivity contribution in [3.05, 3.63) is 70.7 Å². The maximum atomic E-state index is 12.3. The van der Waals surface area contributed by atoms with E-state index >= 15 is 0 Å². The molecule has 26 heavy (non-hydrogen) atoms. The average Bonchev–Trinajstić information content (AvgIpc) is 3.32. The van der Waals surface area contributed by atoms with Gasteiger partial charge in [-0.3, -0.25) is 4.79 Å². The SMILES string of the molecule is O=C(NCCCc1nc2ccccc2s1)c1cnc(-c2ccccc2)s1.